The van der Waals surface area contributed by atoms with E-state index in [0.717, 1.165) is 35.0 Å². The van der Waals surface area contributed by atoms with Crippen LogP contribution in [0.3, 0.4) is 0 Å². The zero-order valence-corrected chi connectivity index (χ0v) is 14.8. The number of nitrogens with zero attached hydrogens (tertiary/aromatic N) is 5. The van der Waals surface area contributed by atoms with Crippen molar-refractivity contribution in [3.05, 3.63) is 60.0 Å². The molecule has 3 aromatic rings. The maximum absolute atomic E-state index is 4.61. The van der Waals surface area contributed by atoms with E-state index in [1.807, 2.05) is 55.5 Å². The maximum Gasteiger partial charge on any atom is 0.180 e. The third-order valence-electron chi connectivity index (χ3n) is 3.78. The van der Waals surface area contributed by atoms with E-state index in [9.17, 15) is 0 Å². The highest BCUT2D eigenvalue weighted by atomic mass is 15.1. The quantitative estimate of drug-likeness (QED) is 0.747. The van der Waals surface area contributed by atoms with E-state index in [0.29, 0.717) is 12.4 Å². The molecule has 6 nitrogen and oxygen atoms in total. The highest BCUT2D eigenvalue weighted by molar-refractivity contribution is 5.53. The largest absolute Gasteiger partial charge is 0.366 e. The van der Waals surface area contributed by atoms with Gasteiger partial charge in [0.05, 0.1) is 0 Å². The van der Waals surface area contributed by atoms with Gasteiger partial charge in [0.15, 0.2) is 5.82 Å². The van der Waals surface area contributed by atoms with Gasteiger partial charge in [-0.25, -0.2) is 15.0 Å². The van der Waals surface area contributed by atoms with Crippen LogP contribution in [0.4, 0.5) is 11.6 Å². The van der Waals surface area contributed by atoms with Crippen LogP contribution in [0.2, 0.25) is 0 Å². The summed E-state index contributed by atoms with van der Waals surface area (Å²) >= 11 is 0. The zero-order chi connectivity index (χ0) is 17.6. The van der Waals surface area contributed by atoms with E-state index in [2.05, 4.69) is 38.2 Å². The molecule has 0 aromatic carbocycles. The Balaban J connectivity index is 1.81. The van der Waals surface area contributed by atoms with Crippen molar-refractivity contribution in [1.29, 1.82) is 0 Å². The Morgan fingerprint density at radius 3 is 2.60 bits per heavy atom. The lowest BCUT2D eigenvalue weighted by atomic mass is 10.2. The van der Waals surface area contributed by atoms with Gasteiger partial charge in [0.25, 0.3) is 0 Å². The summed E-state index contributed by atoms with van der Waals surface area (Å²) in [4.78, 5) is 19.9. The van der Waals surface area contributed by atoms with Crippen LogP contribution in [-0.4, -0.2) is 34.0 Å². The zero-order valence-electron chi connectivity index (χ0n) is 14.8. The van der Waals surface area contributed by atoms with E-state index in [4.69, 9.17) is 0 Å². The molecule has 0 bridgehead atoms. The molecule has 0 aliphatic carbocycles. The molecule has 0 saturated heterocycles. The molecule has 0 fully saturated rings. The van der Waals surface area contributed by atoms with Crippen LogP contribution in [0.25, 0.3) is 11.5 Å². The van der Waals surface area contributed by atoms with Crippen LogP contribution in [-0.2, 0) is 13.0 Å². The SMILES string of the molecule is CCc1cc(NCc2ccnc(N(C)C)c2)nc(-c2ccccn2)n1. The molecule has 0 radical (unpaired) electrons. The first-order valence-electron chi connectivity index (χ1n) is 8.31. The first kappa shape index (κ1) is 16.8. The van der Waals surface area contributed by atoms with Gasteiger partial charge in [-0.05, 0) is 36.2 Å². The summed E-state index contributed by atoms with van der Waals surface area (Å²) < 4.78 is 0. The first-order chi connectivity index (χ1) is 12.2. The summed E-state index contributed by atoms with van der Waals surface area (Å²) in [6.07, 6.45) is 4.42. The molecule has 3 aromatic heterocycles. The van der Waals surface area contributed by atoms with Crippen molar-refractivity contribution >= 4 is 11.6 Å². The molecule has 3 rings (SSSR count). The van der Waals surface area contributed by atoms with Crippen molar-refractivity contribution in [2.45, 2.75) is 19.9 Å². The minimum Gasteiger partial charge on any atom is -0.366 e. The second-order valence-electron chi connectivity index (χ2n) is 5.91. The smallest absolute Gasteiger partial charge is 0.180 e. The Morgan fingerprint density at radius 2 is 1.88 bits per heavy atom. The van der Waals surface area contributed by atoms with E-state index in [-0.39, 0.29) is 0 Å². The van der Waals surface area contributed by atoms with Gasteiger partial charge in [-0.3, -0.25) is 4.98 Å². The van der Waals surface area contributed by atoms with Gasteiger partial charge in [-0.15, -0.1) is 0 Å². The van der Waals surface area contributed by atoms with E-state index < -0.39 is 0 Å². The fourth-order valence-electron chi connectivity index (χ4n) is 2.39. The third-order valence-corrected chi connectivity index (χ3v) is 3.78. The van der Waals surface area contributed by atoms with Crippen molar-refractivity contribution in [2.75, 3.05) is 24.3 Å². The maximum atomic E-state index is 4.61. The van der Waals surface area contributed by atoms with Gasteiger partial charge in [0, 0.05) is 44.8 Å². The Labute approximate surface area is 148 Å². The fourth-order valence-corrected chi connectivity index (χ4v) is 2.39. The highest BCUT2D eigenvalue weighted by Crippen LogP contribution is 2.17. The molecule has 3 heterocycles. The van der Waals surface area contributed by atoms with Crippen LogP contribution >= 0.6 is 0 Å². The molecule has 25 heavy (non-hydrogen) atoms. The van der Waals surface area contributed by atoms with Gasteiger partial charge >= 0.3 is 0 Å². The second-order valence-corrected chi connectivity index (χ2v) is 5.91. The standard InChI is InChI=1S/C19H22N6/c1-4-15-12-17(24-19(23-15)16-7-5-6-9-20-16)22-13-14-8-10-21-18(11-14)25(2)3/h5-12H,4,13H2,1-3H3,(H,22,23,24). The molecule has 0 aliphatic heterocycles. The summed E-state index contributed by atoms with van der Waals surface area (Å²) in [6.45, 7) is 2.76. The Morgan fingerprint density at radius 1 is 1.00 bits per heavy atom. The van der Waals surface area contributed by atoms with E-state index >= 15 is 0 Å². The lowest BCUT2D eigenvalue weighted by Crippen LogP contribution is -2.11. The van der Waals surface area contributed by atoms with Crippen molar-refractivity contribution in [3.8, 4) is 11.5 Å². The van der Waals surface area contributed by atoms with Crippen molar-refractivity contribution in [1.82, 2.24) is 19.9 Å². The lowest BCUT2D eigenvalue weighted by Gasteiger charge is -2.13. The number of nitrogens with one attached hydrogen (secondary N) is 1. The number of aromatic nitrogens is 4. The van der Waals surface area contributed by atoms with Crippen LogP contribution < -0.4 is 10.2 Å². The van der Waals surface area contributed by atoms with Crippen molar-refractivity contribution < 1.29 is 0 Å². The first-order valence-corrected chi connectivity index (χ1v) is 8.31. The lowest BCUT2D eigenvalue weighted by molar-refractivity contribution is 0.984. The summed E-state index contributed by atoms with van der Waals surface area (Å²) in [5, 5.41) is 3.39. The van der Waals surface area contributed by atoms with Gasteiger partial charge < -0.3 is 10.2 Å². The normalized spacial score (nSPS) is 10.5. The number of rotatable bonds is 6. The van der Waals surface area contributed by atoms with Crippen LogP contribution in [0.5, 0.6) is 0 Å². The Hall–Kier alpha value is -3.02. The third kappa shape index (κ3) is 4.29. The van der Waals surface area contributed by atoms with E-state index in [1.165, 1.54) is 0 Å². The molecular formula is C19H22N6. The predicted octanol–water partition coefficient (Wildman–Crippen LogP) is 3.17. The molecule has 6 heteroatoms. The molecule has 0 spiro atoms. The summed E-state index contributed by atoms with van der Waals surface area (Å²) in [7, 11) is 3.97. The molecule has 0 saturated carbocycles. The highest BCUT2D eigenvalue weighted by Gasteiger charge is 2.07. The minimum atomic E-state index is 0.645. The van der Waals surface area contributed by atoms with Gasteiger partial charge in [-0.2, -0.15) is 0 Å². The summed E-state index contributed by atoms with van der Waals surface area (Å²) in [6, 6.07) is 11.8. The van der Waals surface area contributed by atoms with Crippen molar-refractivity contribution in [3.63, 3.8) is 0 Å². The topological polar surface area (TPSA) is 66.8 Å². The van der Waals surface area contributed by atoms with Gasteiger partial charge in [0.1, 0.15) is 17.3 Å². The van der Waals surface area contributed by atoms with Gasteiger partial charge in [-0.1, -0.05) is 13.0 Å². The minimum absolute atomic E-state index is 0.645. The number of pyridine rings is 2. The van der Waals surface area contributed by atoms with Crippen LogP contribution in [0.1, 0.15) is 18.2 Å². The van der Waals surface area contributed by atoms with Crippen molar-refractivity contribution in [2.24, 2.45) is 0 Å². The molecule has 0 unspecified atom stereocenters. The summed E-state index contributed by atoms with van der Waals surface area (Å²) in [5.74, 6) is 2.38. The second kappa shape index (κ2) is 7.70. The number of hydrogen-bond donors (Lipinski definition) is 1. The monoisotopic (exact) mass is 334 g/mol. The molecule has 0 atom stereocenters. The van der Waals surface area contributed by atoms with Crippen LogP contribution in [0.15, 0.2) is 48.8 Å². The van der Waals surface area contributed by atoms with Crippen LogP contribution in [0, 0.1) is 0 Å². The molecule has 128 valence electrons. The molecule has 0 amide bonds. The average molecular weight is 334 g/mol. The van der Waals surface area contributed by atoms with Gasteiger partial charge in [0.2, 0.25) is 0 Å². The Bertz CT molecular complexity index is 832. The number of aryl methyl sites for hydroxylation is 1. The fraction of sp³-hybridized carbons (Fsp3) is 0.263. The molecule has 1 N–H and O–H groups in total. The average Bonchev–Trinajstić information content (AvgIpc) is 2.67. The predicted molar refractivity (Wildman–Crippen MR) is 101 cm³/mol. The number of anilines is 2. The molecule has 0 aliphatic rings. The summed E-state index contributed by atoms with van der Waals surface area (Å²) in [5.41, 5.74) is 2.91. The molecular weight excluding hydrogens is 312 g/mol. The number of hydrogen-bond acceptors (Lipinski definition) is 6. The van der Waals surface area contributed by atoms with E-state index in [1.54, 1.807) is 6.20 Å². The Kier molecular flexibility index (Phi) is 5.18.